The van der Waals surface area contributed by atoms with Crippen LogP contribution in [0.15, 0.2) is 24.3 Å². The van der Waals surface area contributed by atoms with Crippen molar-refractivity contribution >= 4 is 17.6 Å². The summed E-state index contributed by atoms with van der Waals surface area (Å²) in [5.41, 5.74) is 0.777. The van der Waals surface area contributed by atoms with Gasteiger partial charge >= 0.3 is 5.97 Å². The van der Waals surface area contributed by atoms with Crippen molar-refractivity contribution in [2.45, 2.75) is 45.4 Å². The van der Waals surface area contributed by atoms with Gasteiger partial charge in [0.15, 0.2) is 0 Å². The lowest BCUT2D eigenvalue weighted by Gasteiger charge is -2.07. The fraction of sp³-hybridized carbons (Fsp3) is 0.529. The molecule has 0 aliphatic carbocycles. The summed E-state index contributed by atoms with van der Waals surface area (Å²) in [7, 11) is 1.40. The van der Waals surface area contributed by atoms with E-state index in [4.69, 9.17) is 4.74 Å². The second-order valence-corrected chi connectivity index (χ2v) is 5.00. The van der Waals surface area contributed by atoms with Gasteiger partial charge in [-0.1, -0.05) is 12.8 Å². The average Bonchev–Trinajstić information content (AvgIpc) is 2.52. The lowest BCUT2D eigenvalue weighted by atomic mass is 10.1. The normalized spacial score (nSPS) is 10.1. The number of carbonyl (C=O) groups excluding carboxylic acids is 2. The van der Waals surface area contributed by atoms with Gasteiger partial charge in [-0.2, -0.15) is 0 Å². The van der Waals surface area contributed by atoms with Crippen LogP contribution in [0.4, 0.5) is 5.69 Å². The standard InChI is InChI=1S/C17H25NO4/c1-3-22-15-12-10-14(11-13-15)18-16(19)8-6-4-5-7-9-17(20)21-2/h10-13H,3-9H2,1-2H3,(H,18,19). The van der Waals surface area contributed by atoms with Gasteiger partial charge in [-0.25, -0.2) is 0 Å². The first-order valence-electron chi connectivity index (χ1n) is 7.75. The molecule has 0 fully saturated rings. The molecule has 0 saturated carbocycles. The van der Waals surface area contributed by atoms with E-state index < -0.39 is 0 Å². The van der Waals surface area contributed by atoms with Crippen LogP contribution in [0.3, 0.4) is 0 Å². The Labute approximate surface area is 132 Å². The Balaban J connectivity index is 2.14. The van der Waals surface area contributed by atoms with E-state index in [9.17, 15) is 9.59 Å². The molecule has 0 spiro atoms. The van der Waals surface area contributed by atoms with Gasteiger partial charge in [-0.3, -0.25) is 9.59 Å². The molecule has 0 atom stereocenters. The third kappa shape index (κ3) is 7.67. The molecule has 0 heterocycles. The number of esters is 1. The van der Waals surface area contributed by atoms with Crippen molar-refractivity contribution in [3.05, 3.63) is 24.3 Å². The van der Waals surface area contributed by atoms with Crippen molar-refractivity contribution in [3.63, 3.8) is 0 Å². The van der Waals surface area contributed by atoms with Gasteiger partial charge in [0.1, 0.15) is 5.75 Å². The summed E-state index contributed by atoms with van der Waals surface area (Å²) in [6, 6.07) is 7.34. The predicted molar refractivity (Wildman–Crippen MR) is 86.0 cm³/mol. The SMILES string of the molecule is CCOc1ccc(NC(=O)CCCCCCC(=O)OC)cc1. The van der Waals surface area contributed by atoms with Gasteiger partial charge in [0.2, 0.25) is 5.91 Å². The predicted octanol–water partition coefficient (Wildman–Crippen LogP) is 3.54. The molecule has 0 aliphatic heterocycles. The van der Waals surface area contributed by atoms with Crippen molar-refractivity contribution in [3.8, 4) is 5.75 Å². The smallest absolute Gasteiger partial charge is 0.305 e. The Morgan fingerprint density at radius 3 is 2.23 bits per heavy atom. The van der Waals surface area contributed by atoms with E-state index in [1.807, 2.05) is 31.2 Å². The van der Waals surface area contributed by atoms with Crippen LogP contribution in [-0.2, 0) is 14.3 Å². The first-order valence-corrected chi connectivity index (χ1v) is 7.75. The van der Waals surface area contributed by atoms with Gasteiger partial charge < -0.3 is 14.8 Å². The molecule has 0 radical (unpaired) electrons. The van der Waals surface area contributed by atoms with Crippen molar-refractivity contribution in [1.82, 2.24) is 0 Å². The van der Waals surface area contributed by atoms with Crippen LogP contribution in [-0.4, -0.2) is 25.6 Å². The summed E-state index contributed by atoms with van der Waals surface area (Å²) in [6.45, 7) is 2.56. The van der Waals surface area contributed by atoms with E-state index in [1.165, 1.54) is 7.11 Å². The Hall–Kier alpha value is -2.04. The zero-order chi connectivity index (χ0) is 16.2. The molecule has 0 aliphatic rings. The van der Waals surface area contributed by atoms with Crippen LogP contribution in [0.5, 0.6) is 5.75 Å². The molecule has 0 aromatic heterocycles. The maximum atomic E-state index is 11.8. The quantitative estimate of drug-likeness (QED) is 0.530. The molecule has 1 N–H and O–H groups in total. The number of ether oxygens (including phenoxy) is 2. The van der Waals surface area contributed by atoms with Gasteiger partial charge in [0, 0.05) is 18.5 Å². The molecule has 5 heteroatoms. The summed E-state index contributed by atoms with van der Waals surface area (Å²) in [4.78, 5) is 22.7. The minimum atomic E-state index is -0.173. The Morgan fingerprint density at radius 1 is 1.00 bits per heavy atom. The summed E-state index contributed by atoms with van der Waals surface area (Å²) in [5.74, 6) is 0.636. The van der Waals surface area contributed by atoms with Gasteiger partial charge in [-0.15, -0.1) is 0 Å². The van der Waals surface area contributed by atoms with Gasteiger partial charge in [0.05, 0.1) is 13.7 Å². The van der Waals surface area contributed by atoms with Crippen molar-refractivity contribution < 1.29 is 19.1 Å². The molecular weight excluding hydrogens is 282 g/mol. The van der Waals surface area contributed by atoms with E-state index in [0.29, 0.717) is 19.4 Å². The molecule has 1 amide bonds. The molecule has 0 saturated heterocycles. The second-order valence-electron chi connectivity index (χ2n) is 5.00. The maximum Gasteiger partial charge on any atom is 0.305 e. The van der Waals surface area contributed by atoms with E-state index in [0.717, 1.165) is 37.1 Å². The first kappa shape index (κ1) is 18.0. The number of anilines is 1. The van der Waals surface area contributed by atoms with Crippen LogP contribution in [0, 0.1) is 0 Å². The molecule has 0 bridgehead atoms. The number of rotatable bonds is 10. The Kier molecular flexibility index (Phi) is 8.72. The molecule has 1 rings (SSSR count). The highest BCUT2D eigenvalue weighted by Crippen LogP contribution is 2.16. The van der Waals surface area contributed by atoms with Gasteiger partial charge in [-0.05, 0) is 44.0 Å². The molecular formula is C17H25NO4. The highest BCUT2D eigenvalue weighted by atomic mass is 16.5. The number of hydrogen-bond donors (Lipinski definition) is 1. The van der Waals surface area contributed by atoms with Crippen molar-refractivity contribution in [2.24, 2.45) is 0 Å². The monoisotopic (exact) mass is 307 g/mol. The molecule has 1 aromatic rings. The third-order valence-corrected chi connectivity index (χ3v) is 3.21. The third-order valence-electron chi connectivity index (χ3n) is 3.21. The van der Waals surface area contributed by atoms with Crippen LogP contribution < -0.4 is 10.1 Å². The van der Waals surface area contributed by atoms with E-state index >= 15 is 0 Å². The lowest BCUT2D eigenvalue weighted by molar-refractivity contribution is -0.140. The van der Waals surface area contributed by atoms with Crippen molar-refractivity contribution in [1.29, 1.82) is 0 Å². The highest BCUT2D eigenvalue weighted by molar-refractivity contribution is 5.90. The number of benzene rings is 1. The average molecular weight is 307 g/mol. The van der Waals surface area contributed by atoms with Crippen LogP contribution in [0.25, 0.3) is 0 Å². The van der Waals surface area contributed by atoms with E-state index in [-0.39, 0.29) is 11.9 Å². The number of nitrogens with one attached hydrogen (secondary N) is 1. The minimum absolute atomic E-state index is 0.0112. The van der Waals surface area contributed by atoms with Crippen LogP contribution in [0.1, 0.15) is 45.4 Å². The fourth-order valence-corrected chi connectivity index (χ4v) is 2.04. The van der Waals surface area contributed by atoms with E-state index in [2.05, 4.69) is 10.1 Å². The summed E-state index contributed by atoms with van der Waals surface area (Å²) in [6.07, 6.45) is 4.46. The minimum Gasteiger partial charge on any atom is -0.494 e. The fourth-order valence-electron chi connectivity index (χ4n) is 2.04. The highest BCUT2D eigenvalue weighted by Gasteiger charge is 2.03. The number of amides is 1. The molecule has 22 heavy (non-hydrogen) atoms. The molecule has 1 aromatic carbocycles. The number of hydrogen-bond acceptors (Lipinski definition) is 4. The van der Waals surface area contributed by atoms with Crippen LogP contribution >= 0.6 is 0 Å². The largest absolute Gasteiger partial charge is 0.494 e. The molecule has 0 unspecified atom stereocenters. The molecule has 122 valence electrons. The summed E-state index contributed by atoms with van der Waals surface area (Å²) >= 11 is 0. The maximum absolute atomic E-state index is 11.8. The summed E-state index contributed by atoms with van der Waals surface area (Å²) < 4.78 is 9.92. The second kappa shape index (κ2) is 10.7. The van der Waals surface area contributed by atoms with E-state index in [1.54, 1.807) is 0 Å². The zero-order valence-electron chi connectivity index (χ0n) is 13.4. The molecule has 5 nitrogen and oxygen atoms in total. The Bertz CT molecular complexity index is 456. The number of unbranched alkanes of at least 4 members (excludes halogenated alkanes) is 3. The lowest BCUT2D eigenvalue weighted by Crippen LogP contribution is -2.11. The Morgan fingerprint density at radius 2 is 1.64 bits per heavy atom. The van der Waals surface area contributed by atoms with Crippen molar-refractivity contribution in [2.75, 3.05) is 19.0 Å². The topological polar surface area (TPSA) is 64.6 Å². The van der Waals surface area contributed by atoms with Crippen LogP contribution in [0.2, 0.25) is 0 Å². The number of methoxy groups -OCH3 is 1. The summed E-state index contributed by atoms with van der Waals surface area (Å²) in [5, 5.41) is 2.86. The first-order chi connectivity index (χ1) is 10.7. The van der Waals surface area contributed by atoms with Gasteiger partial charge in [0.25, 0.3) is 0 Å². The number of carbonyl (C=O) groups is 2. The zero-order valence-corrected chi connectivity index (χ0v) is 13.4.